The third-order valence-electron chi connectivity index (χ3n) is 5.07. The van der Waals surface area contributed by atoms with Crippen LogP contribution < -0.4 is 16.4 Å². The van der Waals surface area contributed by atoms with Crippen molar-refractivity contribution in [2.45, 2.75) is 25.9 Å². The Labute approximate surface area is 169 Å². The summed E-state index contributed by atoms with van der Waals surface area (Å²) in [6.07, 6.45) is 0.975. The zero-order chi connectivity index (χ0) is 21.0. The molecule has 1 aromatic heterocycles. The van der Waals surface area contributed by atoms with Gasteiger partial charge in [-0.25, -0.2) is 4.68 Å². The van der Waals surface area contributed by atoms with Crippen molar-refractivity contribution >= 4 is 16.7 Å². The maximum Gasteiger partial charge on any atom is 0.273 e. The lowest BCUT2D eigenvalue weighted by Crippen LogP contribution is -2.39. The van der Waals surface area contributed by atoms with Crippen molar-refractivity contribution in [2.24, 2.45) is 0 Å². The van der Waals surface area contributed by atoms with E-state index in [0.29, 0.717) is 17.3 Å². The molecule has 0 aliphatic rings. The number of carbonyl (C=O) groups is 1. The number of likely N-dealkylation sites (N-methyl/N-ethyl adjacent to an activating group) is 1. The fourth-order valence-corrected chi connectivity index (χ4v) is 3.34. The third kappa shape index (κ3) is 4.63. The Morgan fingerprint density at radius 2 is 1.72 bits per heavy atom. The topological polar surface area (TPSA) is 87.2 Å². The normalized spacial score (nSPS) is 12.3. The average molecular weight is 394 g/mol. The van der Waals surface area contributed by atoms with E-state index in [1.807, 2.05) is 19.0 Å². The molecule has 1 unspecified atom stereocenters. The molecule has 3 aromatic rings. The summed E-state index contributed by atoms with van der Waals surface area (Å²) in [5.74, 6) is -0.338. The fourth-order valence-electron chi connectivity index (χ4n) is 3.34. The van der Waals surface area contributed by atoms with E-state index in [0.717, 1.165) is 16.7 Å². The Hall–Kier alpha value is -3.19. The van der Waals surface area contributed by atoms with Gasteiger partial charge in [-0.2, -0.15) is 0 Å². The van der Waals surface area contributed by atoms with Gasteiger partial charge in [0.2, 0.25) is 5.91 Å². The summed E-state index contributed by atoms with van der Waals surface area (Å²) in [5.41, 5.74) is 1.57. The second kappa shape index (κ2) is 8.87. The molecule has 0 bridgehead atoms. The van der Waals surface area contributed by atoms with E-state index >= 15 is 0 Å². The lowest BCUT2D eigenvalue weighted by molar-refractivity contribution is -0.122. The predicted octanol–water partition coefficient (Wildman–Crippen LogP) is 1.67. The molecule has 0 saturated heterocycles. The third-order valence-corrected chi connectivity index (χ3v) is 5.07. The zero-order valence-corrected chi connectivity index (χ0v) is 16.9. The van der Waals surface area contributed by atoms with Crippen LogP contribution in [0.15, 0.2) is 58.1 Å². The molecule has 29 heavy (non-hydrogen) atoms. The summed E-state index contributed by atoms with van der Waals surface area (Å²) in [5, 5.41) is 5.97. The van der Waals surface area contributed by atoms with Gasteiger partial charge in [0.15, 0.2) is 0 Å². The molecular weight excluding hydrogens is 368 g/mol. The molecule has 1 atom stereocenters. The van der Waals surface area contributed by atoms with Crippen LogP contribution in [-0.2, 0) is 17.8 Å². The van der Waals surface area contributed by atoms with Crippen molar-refractivity contribution in [3.8, 4) is 0 Å². The number of hydrogen-bond acceptors (Lipinski definition) is 4. The number of aromatic nitrogens is 2. The van der Waals surface area contributed by atoms with Crippen molar-refractivity contribution in [2.75, 3.05) is 20.6 Å². The molecular formula is C22H26N4O3. The number of nitrogens with one attached hydrogen (secondary N) is 2. The van der Waals surface area contributed by atoms with Crippen LogP contribution in [0.3, 0.4) is 0 Å². The van der Waals surface area contributed by atoms with Crippen molar-refractivity contribution < 1.29 is 4.79 Å². The van der Waals surface area contributed by atoms with Crippen molar-refractivity contribution in [1.82, 2.24) is 20.0 Å². The molecule has 0 aliphatic heterocycles. The van der Waals surface area contributed by atoms with Gasteiger partial charge in [0.1, 0.15) is 6.54 Å². The van der Waals surface area contributed by atoms with Gasteiger partial charge in [-0.1, -0.05) is 43.3 Å². The standard InChI is InChI=1S/C22H26N4O3/c1-4-15-9-11-16(12-10-15)19(25(2)3)13-23-20(27)14-26-22(29)18-8-6-5-7-17(18)21(28)24-26/h5-12,19H,4,13-14H2,1-3H3,(H,23,27)(H,24,28). The fraction of sp³-hybridized carbons (Fsp3) is 0.318. The molecule has 0 spiro atoms. The van der Waals surface area contributed by atoms with Crippen LogP contribution in [0.2, 0.25) is 0 Å². The summed E-state index contributed by atoms with van der Waals surface area (Å²) in [7, 11) is 3.91. The lowest BCUT2D eigenvalue weighted by atomic mass is 10.0. The first kappa shape index (κ1) is 20.5. The Balaban J connectivity index is 1.73. The van der Waals surface area contributed by atoms with Gasteiger partial charge in [-0.05, 0) is 43.8 Å². The monoisotopic (exact) mass is 394 g/mol. The Kier molecular flexibility index (Phi) is 6.29. The minimum absolute atomic E-state index is 0.00256. The number of H-pyrrole nitrogens is 1. The molecule has 1 heterocycles. The van der Waals surface area contributed by atoms with Gasteiger partial charge in [-0.15, -0.1) is 0 Å². The highest BCUT2D eigenvalue weighted by Gasteiger charge is 2.16. The maximum atomic E-state index is 12.5. The Morgan fingerprint density at radius 1 is 1.07 bits per heavy atom. The Bertz CT molecular complexity index is 1110. The second-order valence-electron chi connectivity index (χ2n) is 7.26. The first-order valence-electron chi connectivity index (χ1n) is 9.64. The Morgan fingerprint density at radius 3 is 2.34 bits per heavy atom. The molecule has 0 aliphatic carbocycles. The highest BCUT2D eigenvalue weighted by Crippen LogP contribution is 2.18. The molecule has 7 nitrogen and oxygen atoms in total. The van der Waals surface area contributed by atoms with Crippen LogP contribution in [-0.4, -0.2) is 41.2 Å². The van der Waals surface area contributed by atoms with Gasteiger partial charge in [0.25, 0.3) is 11.1 Å². The highest BCUT2D eigenvalue weighted by molar-refractivity contribution is 5.81. The van der Waals surface area contributed by atoms with Gasteiger partial charge < -0.3 is 10.2 Å². The number of carbonyl (C=O) groups excluding carboxylic acids is 1. The highest BCUT2D eigenvalue weighted by atomic mass is 16.2. The summed E-state index contributed by atoms with van der Waals surface area (Å²) in [4.78, 5) is 39.2. The van der Waals surface area contributed by atoms with Gasteiger partial charge in [0, 0.05) is 6.54 Å². The van der Waals surface area contributed by atoms with Crippen molar-refractivity contribution in [3.05, 3.63) is 80.4 Å². The van der Waals surface area contributed by atoms with Gasteiger partial charge in [-0.3, -0.25) is 19.5 Å². The van der Waals surface area contributed by atoms with Gasteiger partial charge >= 0.3 is 0 Å². The van der Waals surface area contributed by atoms with E-state index < -0.39 is 11.1 Å². The molecule has 0 fully saturated rings. The summed E-state index contributed by atoms with van der Waals surface area (Å²) in [6.45, 7) is 2.26. The van der Waals surface area contributed by atoms with Crippen LogP contribution in [0.1, 0.15) is 24.1 Å². The average Bonchev–Trinajstić information content (AvgIpc) is 2.72. The number of amides is 1. The van der Waals surface area contributed by atoms with E-state index in [4.69, 9.17) is 0 Å². The number of benzene rings is 2. The SMILES string of the molecule is CCc1ccc(C(CNC(=O)Cn2[nH]c(=O)c3ccccc3c2=O)N(C)C)cc1. The van der Waals surface area contributed by atoms with Crippen LogP contribution >= 0.6 is 0 Å². The number of nitrogens with zero attached hydrogens (tertiary/aromatic N) is 2. The maximum absolute atomic E-state index is 12.5. The minimum Gasteiger partial charge on any atom is -0.353 e. The summed E-state index contributed by atoms with van der Waals surface area (Å²) >= 11 is 0. The number of aryl methyl sites for hydroxylation is 1. The zero-order valence-electron chi connectivity index (χ0n) is 16.9. The quantitative estimate of drug-likeness (QED) is 0.638. The number of fused-ring (bicyclic) bond motifs is 1. The predicted molar refractivity (Wildman–Crippen MR) is 114 cm³/mol. The first-order valence-corrected chi connectivity index (χ1v) is 9.64. The number of aromatic amines is 1. The van der Waals surface area contributed by atoms with E-state index in [1.165, 1.54) is 5.56 Å². The lowest BCUT2D eigenvalue weighted by Gasteiger charge is -2.25. The van der Waals surface area contributed by atoms with E-state index in [9.17, 15) is 14.4 Å². The second-order valence-corrected chi connectivity index (χ2v) is 7.26. The molecule has 2 N–H and O–H groups in total. The van der Waals surface area contributed by atoms with Crippen LogP contribution in [0, 0.1) is 0 Å². The first-order chi connectivity index (χ1) is 13.9. The van der Waals surface area contributed by atoms with Crippen molar-refractivity contribution in [1.29, 1.82) is 0 Å². The molecule has 3 rings (SSSR count). The molecule has 0 radical (unpaired) electrons. The van der Waals surface area contributed by atoms with Crippen LogP contribution in [0.5, 0.6) is 0 Å². The molecule has 2 aromatic carbocycles. The van der Waals surface area contributed by atoms with Crippen LogP contribution in [0.25, 0.3) is 10.8 Å². The van der Waals surface area contributed by atoms with Gasteiger partial charge in [0.05, 0.1) is 16.8 Å². The van der Waals surface area contributed by atoms with E-state index in [-0.39, 0.29) is 18.5 Å². The molecule has 7 heteroatoms. The molecule has 1 amide bonds. The van der Waals surface area contributed by atoms with Crippen molar-refractivity contribution in [3.63, 3.8) is 0 Å². The van der Waals surface area contributed by atoms with Crippen LogP contribution in [0.4, 0.5) is 0 Å². The van der Waals surface area contributed by atoms with E-state index in [2.05, 4.69) is 41.6 Å². The summed E-state index contributed by atoms with van der Waals surface area (Å²) in [6, 6.07) is 14.9. The smallest absolute Gasteiger partial charge is 0.273 e. The summed E-state index contributed by atoms with van der Waals surface area (Å²) < 4.78 is 1.06. The molecule has 152 valence electrons. The molecule has 0 saturated carbocycles. The van der Waals surface area contributed by atoms with E-state index in [1.54, 1.807) is 24.3 Å². The largest absolute Gasteiger partial charge is 0.353 e. The minimum atomic E-state index is -0.394. The number of hydrogen-bond donors (Lipinski definition) is 2. The number of rotatable bonds is 7.